The Balaban J connectivity index is 1.93. The minimum Gasteiger partial charge on any atom is -0.312 e. The second kappa shape index (κ2) is 4.72. The van der Waals surface area contributed by atoms with Gasteiger partial charge in [-0.05, 0) is 41.6 Å². The number of fused-ring (bicyclic) bond motifs is 1. The number of rotatable bonds is 2. The predicted molar refractivity (Wildman–Crippen MR) is 71.1 cm³/mol. The van der Waals surface area contributed by atoms with Crippen LogP contribution in [0.3, 0.4) is 0 Å². The SMILES string of the molecule is c1ccc(Cc2cccc3c2CCNC3)cc1. The van der Waals surface area contributed by atoms with Crippen molar-refractivity contribution >= 4 is 0 Å². The molecule has 1 nitrogen and oxygen atoms in total. The Kier molecular flexibility index (Phi) is 2.93. The fourth-order valence-corrected chi connectivity index (χ4v) is 2.59. The smallest absolute Gasteiger partial charge is 0.0208 e. The summed E-state index contributed by atoms with van der Waals surface area (Å²) in [7, 11) is 0. The van der Waals surface area contributed by atoms with E-state index in [0.717, 1.165) is 19.5 Å². The zero-order chi connectivity index (χ0) is 11.5. The fourth-order valence-electron chi connectivity index (χ4n) is 2.59. The minimum absolute atomic E-state index is 1.03. The predicted octanol–water partition coefficient (Wildman–Crippen LogP) is 2.92. The molecule has 1 N–H and O–H groups in total. The molecule has 0 aliphatic carbocycles. The average molecular weight is 223 g/mol. The van der Waals surface area contributed by atoms with Crippen LogP contribution in [0.1, 0.15) is 22.3 Å². The van der Waals surface area contributed by atoms with Gasteiger partial charge in [-0.3, -0.25) is 0 Å². The van der Waals surface area contributed by atoms with Gasteiger partial charge in [0.2, 0.25) is 0 Å². The van der Waals surface area contributed by atoms with Gasteiger partial charge in [-0.1, -0.05) is 48.5 Å². The van der Waals surface area contributed by atoms with Crippen molar-refractivity contribution in [2.75, 3.05) is 6.54 Å². The summed E-state index contributed by atoms with van der Waals surface area (Å²) in [4.78, 5) is 0. The van der Waals surface area contributed by atoms with E-state index < -0.39 is 0 Å². The third-order valence-electron chi connectivity index (χ3n) is 3.47. The van der Waals surface area contributed by atoms with Crippen LogP contribution in [0.5, 0.6) is 0 Å². The summed E-state index contributed by atoms with van der Waals surface area (Å²) in [6.07, 6.45) is 2.22. The second-order valence-corrected chi connectivity index (χ2v) is 4.64. The van der Waals surface area contributed by atoms with Crippen molar-refractivity contribution in [1.29, 1.82) is 0 Å². The first-order valence-corrected chi connectivity index (χ1v) is 6.28. The monoisotopic (exact) mass is 223 g/mol. The Hall–Kier alpha value is -1.60. The van der Waals surface area contributed by atoms with Gasteiger partial charge in [0.25, 0.3) is 0 Å². The highest BCUT2D eigenvalue weighted by atomic mass is 14.9. The zero-order valence-electron chi connectivity index (χ0n) is 9.95. The molecule has 0 aromatic heterocycles. The largest absolute Gasteiger partial charge is 0.312 e. The number of hydrogen-bond donors (Lipinski definition) is 1. The van der Waals surface area contributed by atoms with Crippen molar-refractivity contribution in [3.63, 3.8) is 0 Å². The van der Waals surface area contributed by atoms with E-state index in [-0.39, 0.29) is 0 Å². The summed E-state index contributed by atoms with van der Waals surface area (Å²) >= 11 is 0. The normalized spacial score (nSPS) is 14.4. The van der Waals surface area contributed by atoms with Gasteiger partial charge in [-0.15, -0.1) is 0 Å². The molecule has 1 aliphatic rings. The molecule has 3 rings (SSSR count). The molecule has 17 heavy (non-hydrogen) atoms. The first-order valence-electron chi connectivity index (χ1n) is 6.28. The molecule has 0 saturated carbocycles. The van der Waals surface area contributed by atoms with Gasteiger partial charge in [-0.25, -0.2) is 0 Å². The molecule has 0 spiro atoms. The molecule has 0 atom stereocenters. The fraction of sp³-hybridized carbons (Fsp3) is 0.250. The van der Waals surface area contributed by atoms with Crippen LogP contribution in [0, 0.1) is 0 Å². The summed E-state index contributed by atoms with van der Waals surface area (Å²) in [5.74, 6) is 0. The highest BCUT2D eigenvalue weighted by Gasteiger charge is 2.12. The van der Waals surface area contributed by atoms with Gasteiger partial charge in [0.15, 0.2) is 0 Å². The topological polar surface area (TPSA) is 12.0 Å². The molecule has 0 radical (unpaired) electrons. The Morgan fingerprint density at radius 3 is 2.71 bits per heavy atom. The first-order chi connectivity index (χ1) is 8.43. The maximum Gasteiger partial charge on any atom is 0.0208 e. The minimum atomic E-state index is 1.03. The van der Waals surface area contributed by atoms with Crippen LogP contribution in [0.4, 0.5) is 0 Å². The van der Waals surface area contributed by atoms with Crippen LogP contribution in [0.25, 0.3) is 0 Å². The number of nitrogens with one attached hydrogen (secondary N) is 1. The van der Waals surface area contributed by atoms with E-state index in [1.807, 2.05) is 0 Å². The summed E-state index contributed by atoms with van der Waals surface area (Å²) in [5.41, 5.74) is 5.94. The van der Waals surface area contributed by atoms with Gasteiger partial charge in [0, 0.05) is 6.54 Å². The van der Waals surface area contributed by atoms with Crippen LogP contribution < -0.4 is 5.32 Å². The second-order valence-electron chi connectivity index (χ2n) is 4.64. The van der Waals surface area contributed by atoms with E-state index in [1.54, 1.807) is 5.56 Å². The summed E-state index contributed by atoms with van der Waals surface area (Å²) in [6.45, 7) is 2.14. The molecule has 2 aromatic rings. The summed E-state index contributed by atoms with van der Waals surface area (Å²) in [5, 5.41) is 3.43. The van der Waals surface area contributed by atoms with Crippen LogP contribution >= 0.6 is 0 Å². The standard InChI is InChI=1S/C16H17N/c1-2-5-13(6-3-1)11-14-7-4-8-15-12-17-10-9-16(14)15/h1-8,17H,9-12H2. The van der Waals surface area contributed by atoms with Crippen molar-refractivity contribution in [2.24, 2.45) is 0 Å². The lowest BCUT2D eigenvalue weighted by molar-refractivity contribution is 0.640. The van der Waals surface area contributed by atoms with Crippen molar-refractivity contribution in [2.45, 2.75) is 19.4 Å². The summed E-state index contributed by atoms with van der Waals surface area (Å²) < 4.78 is 0. The van der Waals surface area contributed by atoms with Crippen LogP contribution in [-0.4, -0.2) is 6.54 Å². The molecule has 2 aromatic carbocycles. The van der Waals surface area contributed by atoms with E-state index in [1.165, 1.54) is 23.1 Å². The van der Waals surface area contributed by atoms with Crippen molar-refractivity contribution in [3.8, 4) is 0 Å². The molecule has 1 heterocycles. The lowest BCUT2D eigenvalue weighted by Gasteiger charge is -2.20. The van der Waals surface area contributed by atoms with E-state index in [4.69, 9.17) is 0 Å². The molecule has 1 aliphatic heterocycles. The molecule has 0 fully saturated rings. The van der Waals surface area contributed by atoms with Gasteiger partial charge < -0.3 is 5.32 Å². The highest BCUT2D eigenvalue weighted by molar-refractivity contribution is 5.39. The molecule has 0 saturated heterocycles. The quantitative estimate of drug-likeness (QED) is 0.825. The molecular formula is C16H17N. The van der Waals surface area contributed by atoms with E-state index >= 15 is 0 Å². The van der Waals surface area contributed by atoms with E-state index in [0.29, 0.717) is 0 Å². The van der Waals surface area contributed by atoms with Gasteiger partial charge in [0.1, 0.15) is 0 Å². The molecule has 1 heteroatoms. The lowest BCUT2D eigenvalue weighted by atomic mass is 9.92. The van der Waals surface area contributed by atoms with Crippen LogP contribution in [0.15, 0.2) is 48.5 Å². The van der Waals surface area contributed by atoms with Crippen LogP contribution in [0.2, 0.25) is 0 Å². The van der Waals surface area contributed by atoms with Gasteiger partial charge in [-0.2, -0.15) is 0 Å². The van der Waals surface area contributed by atoms with E-state index in [9.17, 15) is 0 Å². The maximum absolute atomic E-state index is 3.43. The lowest BCUT2D eigenvalue weighted by Crippen LogP contribution is -2.24. The van der Waals surface area contributed by atoms with Crippen molar-refractivity contribution < 1.29 is 0 Å². The molecule has 0 unspecified atom stereocenters. The Morgan fingerprint density at radius 1 is 0.941 bits per heavy atom. The third kappa shape index (κ3) is 2.25. The average Bonchev–Trinajstić information content (AvgIpc) is 2.40. The molecule has 86 valence electrons. The number of hydrogen-bond acceptors (Lipinski definition) is 1. The Morgan fingerprint density at radius 2 is 1.82 bits per heavy atom. The zero-order valence-corrected chi connectivity index (χ0v) is 9.95. The van der Waals surface area contributed by atoms with Gasteiger partial charge in [0.05, 0.1) is 0 Å². The van der Waals surface area contributed by atoms with E-state index in [2.05, 4.69) is 53.8 Å². The molecular weight excluding hydrogens is 206 g/mol. The summed E-state index contributed by atoms with van der Waals surface area (Å²) in [6, 6.07) is 17.4. The molecule has 0 bridgehead atoms. The maximum atomic E-state index is 3.43. The first kappa shape index (κ1) is 10.5. The Labute approximate surface area is 102 Å². The number of benzene rings is 2. The van der Waals surface area contributed by atoms with Gasteiger partial charge >= 0.3 is 0 Å². The van der Waals surface area contributed by atoms with Crippen molar-refractivity contribution in [1.82, 2.24) is 5.32 Å². The van der Waals surface area contributed by atoms with Crippen molar-refractivity contribution in [3.05, 3.63) is 70.8 Å². The third-order valence-corrected chi connectivity index (χ3v) is 3.47. The van der Waals surface area contributed by atoms with Crippen LogP contribution in [-0.2, 0) is 19.4 Å². The highest BCUT2D eigenvalue weighted by Crippen LogP contribution is 2.21. The Bertz CT molecular complexity index is 502. The molecule has 0 amide bonds.